The van der Waals surface area contributed by atoms with Gasteiger partial charge >= 0.3 is 39.5 Å². The summed E-state index contributed by atoms with van der Waals surface area (Å²) >= 11 is 0. The van der Waals surface area contributed by atoms with Gasteiger partial charge in [-0.1, -0.05) is 413 Å². The summed E-state index contributed by atoms with van der Waals surface area (Å²) in [6.07, 6.45) is 72.3. The smallest absolute Gasteiger partial charge is 0.462 e. The fourth-order valence-corrected chi connectivity index (χ4v) is 15.1. The van der Waals surface area contributed by atoms with Crippen molar-refractivity contribution in [1.82, 2.24) is 0 Å². The average Bonchev–Trinajstić information content (AvgIpc) is 0.912. The number of rotatable bonds is 86. The van der Waals surface area contributed by atoms with Crippen molar-refractivity contribution < 1.29 is 80.2 Å². The predicted molar refractivity (Wildman–Crippen MR) is 432 cm³/mol. The first-order valence-electron chi connectivity index (χ1n) is 44.6. The maximum atomic E-state index is 13.1. The lowest BCUT2D eigenvalue weighted by atomic mass is 10.0. The Morgan fingerprint density at radius 1 is 0.257 bits per heavy atom. The largest absolute Gasteiger partial charge is 0.472 e. The number of phosphoric acid groups is 2. The van der Waals surface area contributed by atoms with E-state index in [1.165, 1.54) is 289 Å². The monoisotopic (exact) mass is 1540 g/mol. The minimum absolute atomic E-state index is 0.109. The van der Waals surface area contributed by atoms with E-state index in [1.807, 2.05) is 0 Å². The van der Waals surface area contributed by atoms with E-state index in [0.29, 0.717) is 25.7 Å². The summed E-state index contributed by atoms with van der Waals surface area (Å²) in [6.45, 7) is 7.38. The molecule has 5 atom stereocenters. The van der Waals surface area contributed by atoms with Crippen LogP contribution in [0.1, 0.15) is 465 Å². The average molecular weight is 1540 g/mol. The molecule has 0 aromatic rings. The molecule has 0 spiro atoms. The summed E-state index contributed by atoms with van der Waals surface area (Å²) in [5.41, 5.74) is 0. The molecule has 0 aromatic carbocycles. The first kappa shape index (κ1) is 103. The first-order chi connectivity index (χ1) is 51.0. The molecule has 0 aliphatic heterocycles. The van der Waals surface area contributed by atoms with Gasteiger partial charge in [-0.05, 0) is 31.6 Å². The Bertz CT molecular complexity index is 2000. The second kappa shape index (κ2) is 78.7. The molecule has 0 aliphatic rings. The van der Waals surface area contributed by atoms with E-state index >= 15 is 0 Å². The summed E-state index contributed by atoms with van der Waals surface area (Å²) in [7, 11) is -9.92. The molecule has 19 heteroatoms. The zero-order valence-corrected chi connectivity index (χ0v) is 70.7. The van der Waals surface area contributed by atoms with Gasteiger partial charge in [-0.2, -0.15) is 0 Å². The van der Waals surface area contributed by atoms with Gasteiger partial charge in [-0.25, -0.2) is 9.13 Å². The quantitative estimate of drug-likeness (QED) is 0.0222. The second-order valence-corrected chi connectivity index (χ2v) is 34.3. The van der Waals surface area contributed by atoms with Gasteiger partial charge in [-0.3, -0.25) is 37.3 Å². The second-order valence-electron chi connectivity index (χ2n) is 31.4. The summed E-state index contributed by atoms with van der Waals surface area (Å²) in [5, 5.41) is 10.7. The molecular weight excluding hydrogens is 1370 g/mol. The molecular formula is C86H168O17P2. The highest BCUT2D eigenvalue weighted by Crippen LogP contribution is 2.45. The molecule has 0 radical (unpaired) electrons. The van der Waals surface area contributed by atoms with E-state index in [0.717, 1.165) is 95.8 Å². The molecule has 0 fully saturated rings. The van der Waals surface area contributed by atoms with Crippen molar-refractivity contribution in [3.63, 3.8) is 0 Å². The van der Waals surface area contributed by atoms with E-state index in [-0.39, 0.29) is 25.7 Å². The standard InChI is InChI=1S/C86H168O17P2/c1-6-9-12-15-18-21-23-25-27-29-30-35-38-42-46-50-55-60-65-70-84(89)97-76-82(103-86(91)72-67-62-57-52-48-44-40-36-32-31-34-37-41-45-49-53-58-63-68-79(4)5)78-101-105(94,95)99-74-80(87)73-98-104(92,93)100-77-81(75-96-83(88)69-64-59-54-20-17-14-11-8-3)102-85(90)71-66-61-56-51-47-43-39-33-28-26-24-22-19-16-13-10-7-2/h79-82,87H,6-78H2,1-5H3,(H,92,93)(H,94,95)/t80-,81+,82+/m0/s1. The minimum atomic E-state index is -4.96. The van der Waals surface area contributed by atoms with Crippen LogP contribution in [0.5, 0.6) is 0 Å². The fraction of sp³-hybridized carbons (Fsp3) is 0.953. The molecule has 0 aromatic heterocycles. The number of carbonyl (C=O) groups is 4. The maximum absolute atomic E-state index is 13.1. The number of ether oxygens (including phenoxy) is 4. The number of aliphatic hydroxyl groups excluding tert-OH is 1. The van der Waals surface area contributed by atoms with Gasteiger partial charge in [0, 0.05) is 25.7 Å². The summed E-state index contributed by atoms with van der Waals surface area (Å²) < 4.78 is 68.8. The van der Waals surface area contributed by atoms with E-state index in [9.17, 15) is 43.2 Å². The van der Waals surface area contributed by atoms with Crippen LogP contribution in [-0.4, -0.2) is 96.7 Å². The summed E-state index contributed by atoms with van der Waals surface area (Å²) in [5.74, 6) is -1.28. The Balaban J connectivity index is 5.18. The van der Waals surface area contributed by atoms with Crippen LogP contribution in [0.15, 0.2) is 0 Å². The van der Waals surface area contributed by atoms with E-state index < -0.39 is 97.5 Å². The van der Waals surface area contributed by atoms with Crippen LogP contribution in [0.2, 0.25) is 0 Å². The number of hydrogen-bond donors (Lipinski definition) is 3. The molecule has 2 unspecified atom stereocenters. The molecule has 17 nitrogen and oxygen atoms in total. The van der Waals surface area contributed by atoms with Crippen LogP contribution in [0.3, 0.4) is 0 Å². The van der Waals surface area contributed by atoms with Crippen molar-refractivity contribution in [2.24, 2.45) is 5.92 Å². The van der Waals surface area contributed by atoms with Crippen LogP contribution in [0.25, 0.3) is 0 Å². The van der Waals surface area contributed by atoms with Gasteiger partial charge in [0.2, 0.25) is 0 Å². The van der Waals surface area contributed by atoms with Crippen LogP contribution >= 0.6 is 15.6 Å². The van der Waals surface area contributed by atoms with Gasteiger partial charge in [0.15, 0.2) is 12.2 Å². The molecule has 0 heterocycles. The fourth-order valence-electron chi connectivity index (χ4n) is 13.5. The molecule has 0 rings (SSSR count). The van der Waals surface area contributed by atoms with Crippen LogP contribution in [0.4, 0.5) is 0 Å². The predicted octanol–water partition coefficient (Wildman–Crippen LogP) is 26.4. The van der Waals surface area contributed by atoms with Gasteiger partial charge in [-0.15, -0.1) is 0 Å². The van der Waals surface area contributed by atoms with Crippen LogP contribution in [-0.2, 0) is 65.4 Å². The Morgan fingerprint density at radius 3 is 0.648 bits per heavy atom. The molecule has 624 valence electrons. The van der Waals surface area contributed by atoms with Gasteiger partial charge in [0.25, 0.3) is 0 Å². The molecule has 3 N–H and O–H groups in total. The topological polar surface area (TPSA) is 237 Å². The molecule has 0 bridgehead atoms. The lowest BCUT2D eigenvalue weighted by molar-refractivity contribution is -0.161. The molecule has 0 saturated carbocycles. The normalized spacial score (nSPS) is 13.8. The number of phosphoric ester groups is 2. The third-order valence-electron chi connectivity index (χ3n) is 20.3. The minimum Gasteiger partial charge on any atom is -0.462 e. The van der Waals surface area contributed by atoms with Crippen molar-refractivity contribution in [2.75, 3.05) is 39.6 Å². The molecule has 105 heavy (non-hydrogen) atoms. The van der Waals surface area contributed by atoms with E-state index in [1.54, 1.807) is 0 Å². The first-order valence-corrected chi connectivity index (χ1v) is 47.6. The lowest BCUT2D eigenvalue weighted by Gasteiger charge is -2.21. The van der Waals surface area contributed by atoms with Crippen molar-refractivity contribution in [2.45, 2.75) is 483 Å². The number of hydrogen-bond acceptors (Lipinski definition) is 15. The zero-order valence-electron chi connectivity index (χ0n) is 68.9. The highest BCUT2D eigenvalue weighted by molar-refractivity contribution is 7.47. The third kappa shape index (κ3) is 79.9. The number of carbonyl (C=O) groups excluding carboxylic acids is 4. The van der Waals surface area contributed by atoms with E-state index in [2.05, 4.69) is 34.6 Å². The zero-order chi connectivity index (χ0) is 76.9. The highest BCUT2D eigenvalue weighted by atomic mass is 31.2. The summed E-state index contributed by atoms with van der Waals surface area (Å²) in [4.78, 5) is 73.1. The summed E-state index contributed by atoms with van der Waals surface area (Å²) in [6, 6.07) is 0. The molecule has 0 saturated heterocycles. The van der Waals surface area contributed by atoms with Crippen molar-refractivity contribution in [3.05, 3.63) is 0 Å². The number of aliphatic hydroxyl groups is 1. The van der Waals surface area contributed by atoms with Crippen molar-refractivity contribution in [3.8, 4) is 0 Å². The Kier molecular flexibility index (Phi) is 77.3. The SMILES string of the molecule is CCCCCCCCCCCCCCCCCCCCCC(=O)OC[C@H](COP(=O)(O)OC[C@@H](O)COP(=O)(O)OC[C@@H](COC(=O)CCCCCCCCCC)OC(=O)CCCCCCCCCCCCCCCCCCC)OC(=O)CCCCCCCCCCCCCCCCCCCCC(C)C. The molecule has 0 aliphatic carbocycles. The van der Waals surface area contributed by atoms with Crippen LogP contribution < -0.4 is 0 Å². The van der Waals surface area contributed by atoms with Gasteiger partial charge in [0.1, 0.15) is 19.3 Å². The Labute approximate surface area is 645 Å². The number of esters is 4. The Morgan fingerprint density at radius 2 is 0.438 bits per heavy atom. The lowest BCUT2D eigenvalue weighted by Crippen LogP contribution is -2.30. The van der Waals surface area contributed by atoms with Crippen molar-refractivity contribution in [1.29, 1.82) is 0 Å². The highest BCUT2D eigenvalue weighted by Gasteiger charge is 2.30. The maximum Gasteiger partial charge on any atom is 0.472 e. The number of unbranched alkanes of at least 4 members (excludes halogenated alkanes) is 58. The van der Waals surface area contributed by atoms with Gasteiger partial charge in [0.05, 0.1) is 26.4 Å². The molecule has 0 amide bonds. The third-order valence-corrected chi connectivity index (χ3v) is 22.2. The van der Waals surface area contributed by atoms with Crippen molar-refractivity contribution >= 4 is 39.5 Å². The Hall–Kier alpha value is -1.94. The van der Waals surface area contributed by atoms with Gasteiger partial charge < -0.3 is 33.8 Å². The van der Waals surface area contributed by atoms with E-state index in [4.69, 9.17) is 37.0 Å². The van der Waals surface area contributed by atoms with Crippen LogP contribution in [0, 0.1) is 5.92 Å².